The van der Waals surface area contributed by atoms with E-state index in [-0.39, 0.29) is 18.2 Å². The van der Waals surface area contributed by atoms with Gasteiger partial charge in [0.1, 0.15) is 5.82 Å². The van der Waals surface area contributed by atoms with Crippen molar-refractivity contribution in [3.63, 3.8) is 0 Å². The second-order valence-electron chi connectivity index (χ2n) is 3.85. The molecule has 0 radical (unpaired) electrons. The molecule has 0 aliphatic heterocycles. The summed E-state index contributed by atoms with van der Waals surface area (Å²) in [5, 5.41) is 20.4. The summed E-state index contributed by atoms with van der Waals surface area (Å²) in [7, 11) is 0. The molecule has 1 aromatic heterocycles. The second-order valence-corrected chi connectivity index (χ2v) is 3.85. The minimum atomic E-state index is -0.220. The number of aromatic nitrogens is 2. The monoisotopic (exact) mass is 259 g/mol. The van der Waals surface area contributed by atoms with E-state index in [1.807, 2.05) is 30.3 Å². The van der Waals surface area contributed by atoms with Gasteiger partial charge in [0.15, 0.2) is 5.84 Å². The number of amides is 1. The number of nitrogens with two attached hydrogens (primary N) is 1. The van der Waals surface area contributed by atoms with Crippen molar-refractivity contribution < 1.29 is 10.0 Å². The number of hydrogen-bond acceptors (Lipinski definition) is 4. The summed E-state index contributed by atoms with van der Waals surface area (Å²) in [6, 6.07) is 9.32. The molecule has 0 aliphatic carbocycles. The average Bonchev–Trinajstić information content (AvgIpc) is 2.87. The largest absolute Gasteiger partial charge is 0.409 e. The minimum Gasteiger partial charge on any atom is -0.409 e. The molecule has 1 heterocycles. The van der Waals surface area contributed by atoms with Gasteiger partial charge in [-0.05, 0) is 5.56 Å². The molecule has 2 aromatic rings. The molecule has 7 nitrogen and oxygen atoms in total. The van der Waals surface area contributed by atoms with Crippen molar-refractivity contribution >= 4 is 17.6 Å². The maximum atomic E-state index is 11.8. The lowest BCUT2D eigenvalue weighted by Gasteiger charge is -2.05. The molecule has 0 bridgehead atoms. The quantitative estimate of drug-likeness (QED) is 0.279. The molecule has 7 heteroatoms. The first-order valence-corrected chi connectivity index (χ1v) is 5.55. The highest BCUT2D eigenvalue weighted by Crippen LogP contribution is 2.11. The van der Waals surface area contributed by atoms with Crippen LogP contribution in [0.3, 0.4) is 0 Å². The number of nitrogens with zero attached hydrogens (tertiary/aromatic N) is 2. The molecule has 0 spiro atoms. The Bertz CT molecular complexity index is 591. The van der Waals surface area contributed by atoms with Gasteiger partial charge >= 0.3 is 0 Å². The molecule has 98 valence electrons. The van der Waals surface area contributed by atoms with Crippen molar-refractivity contribution in [1.82, 2.24) is 10.2 Å². The van der Waals surface area contributed by atoms with Gasteiger partial charge < -0.3 is 16.3 Å². The molecule has 1 amide bonds. The third-order valence-electron chi connectivity index (χ3n) is 2.49. The fourth-order valence-corrected chi connectivity index (χ4v) is 1.59. The number of amidine groups is 1. The molecular weight excluding hydrogens is 246 g/mol. The van der Waals surface area contributed by atoms with Crippen LogP contribution in [0.5, 0.6) is 0 Å². The van der Waals surface area contributed by atoms with Crippen LogP contribution in [0.4, 0.5) is 5.82 Å². The van der Waals surface area contributed by atoms with E-state index in [0.29, 0.717) is 11.4 Å². The number of nitrogens with one attached hydrogen (secondary N) is 2. The van der Waals surface area contributed by atoms with Gasteiger partial charge in [-0.1, -0.05) is 35.5 Å². The Labute approximate surface area is 109 Å². The van der Waals surface area contributed by atoms with Crippen LogP contribution in [0.25, 0.3) is 0 Å². The van der Waals surface area contributed by atoms with Crippen LogP contribution in [0.1, 0.15) is 11.1 Å². The second kappa shape index (κ2) is 5.67. The average molecular weight is 259 g/mol. The van der Waals surface area contributed by atoms with Gasteiger partial charge in [-0.3, -0.25) is 9.89 Å². The third kappa shape index (κ3) is 3.09. The molecule has 0 saturated carbocycles. The van der Waals surface area contributed by atoms with Crippen molar-refractivity contribution in [3.8, 4) is 0 Å². The smallest absolute Gasteiger partial charge is 0.229 e. The highest BCUT2D eigenvalue weighted by molar-refractivity contribution is 6.04. The van der Waals surface area contributed by atoms with Crippen molar-refractivity contribution in [3.05, 3.63) is 47.7 Å². The van der Waals surface area contributed by atoms with E-state index in [1.54, 1.807) is 0 Å². The zero-order valence-electron chi connectivity index (χ0n) is 10.00. The number of hydrogen-bond donors (Lipinski definition) is 4. The van der Waals surface area contributed by atoms with Gasteiger partial charge in [0.25, 0.3) is 0 Å². The van der Waals surface area contributed by atoms with Crippen molar-refractivity contribution in [2.24, 2.45) is 10.9 Å². The van der Waals surface area contributed by atoms with Gasteiger partial charge in [0.05, 0.1) is 18.2 Å². The van der Waals surface area contributed by atoms with Crippen LogP contribution in [-0.4, -0.2) is 27.1 Å². The molecule has 19 heavy (non-hydrogen) atoms. The number of benzene rings is 1. The SMILES string of the molecule is NC(=NO)c1cn[nH]c1NC(=O)Cc1ccccc1. The molecule has 2 rings (SSSR count). The predicted octanol–water partition coefficient (Wildman–Crippen LogP) is 0.685. The van der Waals surface area contributed by atoms with Crippen LogP contribution in [0.2, 0.25) is 0 Å². The Hall–Kier alpha value is -2.83. The van der Waals surface area contributed by atoms with E-state index >= 15 is 0 Å². The Morgan fingerprint density at radius 2 is 2.16 bits per heavy atom. The summed E-state index contributed by atoms with van der Waals surface area (Å²) in [6.45, 7) is 0. The van der Waals surface area contributed by atoms with Crippen LogP contribution in [0, 0.1) is 0 Å². The topological polar surface area (TPSA) is 116 Å². The number of carbonyl (C=O) groups excluding carboxylic acids is 1. The van der Waals surface area contributed by atoms with E-state index in [0.717, 1.165) is 5.56 Å². The van der Waals surface area contributed by atoms with Crippen LogP contribution < -0.4 is 11.1 Å². The lowest BCUT2D eigenvalue weighted by Crippen LogP contribution is -2.19. The minimum absolute atomic E-state index is 0.122. The lowest BCUT2D eigenvalue weighted by molar-refractivity contribution is -0.115. The maximum absolute atomic E-state index is 11.8. The zero-order chi connectivity index (χ0) is 13.7. The van der Waals surface area contributed by atoms with Crippen molar-refractivity contribution in [2.75, 3.05) is 5.32 Å². The molecule has 5 N–H and O–H groups in total. The lowest BCUT2D eigenvalue weighted by atomic mass is 10.1. The Balaban J connectivity index is 2.06. The first-order chi connectivity index (χ1) is 9.20. The summed E-state index contributed by atoms with van der Waals surface area (Å²) in [4.78, 5) is 11.8. The highest BCUT2D eigenvalue weighted by Gasteiger charge is 2.12. The third-order valence-corrected chi connectivity index (χ3v) is 2.49. The molecular formula is C12H13N5O2. The van der Waals surface area contributed by atoms with E-state index in [9.17, 15) is 4.79 Å². The van der Waals surface area contributed by atoms with Gasteiger partial charge in [-0.15, -0.1) is 0 Å². The molecule has 1 aromatic carbocycles. The number of anilines is 1. The van der Waals surface area contributed by atoms with Crippen molar-refractivity contribution in [2.45, 2.75) is 6.42 Å². The predicted molar refractivity (Wildman–Crippen MR) is 69.9 cm³/mol. The van der Waals surface area contributed by atoms with Gasteiger partial charge in [0.2, 0.25) is 5.91 Å². The van der Waals surface area contributed by atoms with Gasteiger partial charge in [-0.2, -0.15) is 5.10 Å². The summed E-state index contributed by atoms with van der Waals surface area (Å²) in [5.74, 6) is -0.0394. The number of carbonyl (C=O) groups is 1. The van der Waals surface area contributed by atoms with Gasteiger partial charge in [-0.25, -0.2) is 0 Å². The first-order valence-electron chi connectivity index (χ1n) is 5.55. The molecule has 0 saturated heterocycles. The highest BCUT2D eigenvalue weighted by atomic mass is 16.4. The van der Waals surface area contributed by atoms with Crippen LogP contribution >= 0.6 is 0 Å². The number of oxime groups is 1. The first kappa shape index (κ1) is 12.6. The normalized spacial score (nSPS) is 11.3. The van der Waals surface area contributed by atoms with Gasteiger partial charge in [0, 0.05) is 0 Å². The Morgan fingerprint density at radius 3 is 2.84 bits per heavy atom. The van der Waals surface area contributed by atoms with E-state index in [2.05, 4.69) is 20.7 Å². The van der Waals surface area contributed by atoms with E-state index in [1.165, 1.54) is 6.20 Å². The maximum Gasteiger partial charge on any atom is 0.229 e. The Morgan fingerprint density at radius 1 is 1.42 bits per heavy atom. The molecule has 0 atom stereocenters. The van der Waals surface area contributed by atoms with Crippen molar-refractivity contribution in [1.29, 1.82) is 0 Å². The van der Waals surface area contributed by atoms with Crippen LogP contribution in [-0.2, 0) is 11.2 Å². The van der Waals surface area contributed by atoms with E-state index in [4.69, 9.17) is 10.9 Å². The zero-order valence-corrected chi connectivity index (χ0v) is 10.00. The summed E-state index contributed by atoms with van der Waals surface area (Å²) < 4.78 is 0. The summed E-state index contributed by atoms with van der Waals surface area (Å²) in [6.07, 6.45) is 1.60. The number of H-pyrrole nitrogens is 1. The number of rotatable bonds is 4. The fourth-order valence-electron chi connectivity index (χ4n) is 1.59. The standard InChI is InChI=1S/C12H13N5O2/c13-11(17-19)9-7-14-16-12(9)15-10(18)6-8-4-2-1-3-5-8/h1-5,7,19H,6H2,(H2,13,17)(H2,14,15,16,18). The summed E-state index contributed by atoms with van der Waals surface area (Å²) >= 11 is 0. The van der Waals surface area contributed by atoms with Crippen LogP contribution in [0.15, 0.2) is 41.7 Å². The Kier molecular flexibility index (Phi) is 3.77. The van der Waals surface area contributed by atoms with E-state index < -0.39 is 0 Å². The molecule has 0 unspecified atom stereocenters. The molecule has 0 aliphatic rings. The molecule has 0 fully saturated rings. The summed E-state index contributed by atoms with van der Waals surface area (Å²) in [5.41, 5.74) is 6.69. The fraction of sp³-hybridized carbons (Fsp3) is 0.0833. The number of aromatic amines is 1.